The first-order chi connectivity index (χ1) is 6.82. The summed E-state index contributed by atoms with van der Waals surface area (Å²) < 4.78 is 0.620. The molecular formula is C12H16Se2. The molecule has 0 bridgehead atoms. The molecule has 0 nitrogen and oxygen atoms in total. The molecule has 0 radical (unpaired) electrons. The maximum atomic E-state index is 2.42. The van der Waals surface area contributed by atoms with Crippen molar-refractivity contribution in [2.24, 2.45) is 0 Å². The first-order valence-corrected chi connectivity index (χ1v) is 10.1. The van der Waals surface area contributed by atoms with Gasteiger partial charge >= 0.3 is 99.4 Å². The van der Waals surface area contributed by atoms with Crippen molar-refractivity contribution in [1.82, 2.24) is 0 Å². The first-order valence-electron chi connectivity index (χ1n) is 5.01. The summed E-state index contributed by atoms with van der Waals surface area (Å²) in [5.74, 6) is 4.83. The number of aryl methyl sites for hydroxylation is 1. The minimum absolute atomic E-state index is 0.620. The Bertz CT molecular complexity index is 316. The number of hydrogen-bond acceptors (Lipinski definition) is 0. The third-order valence-electron chi connectivity index (χ3n) is 3.04. The Labute approximate surface area is 99.2 Å². The molecule has 0 saturated heterocycles. The third kappa shape index (κ3) is 1.70. The van der Waals surface area contributed by atoms with Gasteiger partial charge in [-0.3, -0.25) is 0 Å². The van der Waals surface area contributed by atoms with Gasteiger partial charge in [-0.05, 0) is 0 Å². The maximum absolute atomic E-state index is 2.42. The summed E-state index contributed by atoms with van der Waals surface area (Å²) in [4.78, 5) is 0. The Morgan fingerprint density at radius 1 is 1.14 bits per heavy atom. The second-order valence-electron chi connectivity index (χ2n) is 3.67. The van der Waals surface area contributed by atoms with Crippen LogP contribution in [-0.2, 0) is 9.63 Å². The van der Waals surface area contributed by atoms with Gasteiger partial charge in [0, 0.05) is 0 Å². The molecule has 0 aromatic heterocycles. The van der Waals surface area contributed by atoms with Crippen LogP contribution >= 0.6 is 0 Å². The standard InChI is InChI=1S/C12H16Se2/c1-13-12(14-2)9-5-7-10-6-3-4-8-11(10)12/h3-4,6,8H,5,7,9H2,1-2H3. The Morgan fingerprint density at radius 3 is 2.57 bits per heavy atom. The number of hydrogen-bond donors (Lipinski definition) is 0. The van der Waals surface area contributed by atoms with Crippen LogP contribution in [0.3, 0.4) is 0 Å². The predicted octanol–water partition coefficient (Wildman–Crippen LogP) is 2.68. The van der Waals surface area contributed by atoms with Gasteiger partial charge in [0.05, 0.1) is 0 Å². The molecular weight excluding hydrogens is 302 g/mol. The van der Waals surface area contributed by atoms with E-state index in [0.29, 0.717) is 3.21 Å². The number of rotatable bonds is 2. The fraction of sp³-hybridized carbons (Fsp3) is 0.500. The zero-order valence-corrected chi connectivity index (χ0v) is 12.2. The Morgan fingerprint density at radius 2 is 1.86 bits per heavy atom. The van der Waals surface area contributed by atoms with Crippen LogP contribution in [0.15, 0.2) is 24.3 Å². The van der Waals surface area contributed by atoms with Crippen molar-refractivity contribution >= 4 is 29.9 Å². The summed E-state index contributed by atoms with van der Waals surface area (Å²) in [5.41, 5.74) is 3.32. The van der Waals surface area contributed by atoms with Crippen LogP contribution in [0.4, 0.5) is 0 Å². The van der Waals surface area contributed by atoms with Crippen molar-refractivity contribution in [3.05, 3.63) is 35.4 Å². The molecule has 0 amide bonds. The van der Waals surface area contributed by atoms with Gasteiger partial charge in [-0.1, -0.05) is 0 Å². The zero-order chi connectivity index (χ0) is 10.0. The van der Waals surface area contributed by atoms with E-state index in [-0.39, 0.29) is 0 Å². The van der Waals surface area contributed by atoms with Crippen LogP contribution < -0.4 is 0 Å². The molecule has 0 atom stereocenters. The van der Waals surface area contributed by atoms with E-state index in [1.807, 2.05) is 0 Å². The van der Waals surface area contributed by atoms with Crippen molar-refractivity contribution < 1.29 is 0 Å². The fourth-order valence-electron chi connectivity index (χ4n) is 2.26. The van der Waals surface area contributed by atoms with Gasteiger partial charge in [-0.25, -0.2) is 0 Å². The fourth-order valence-corrected chi connectivity index (χ4v) is 7.65. The molecule has 0 N–H and O–H groups in total. The van der Waals surface area contributed by atoms with Gasteiger partial charge in [0.25, 0.3) is 0 Å². The van der Waals surface area contributed by atoms with Crippen LogP contribution in [0.25, 0.3) is 0 Å². The van der Waals surface area contributed by atoms with Crippen LogP contribution in [0.1, 0.15) is 24.0 Å². The van der Waals surface area contributed by atoms with E-state index in [1.54, 1.807) is 11.1 Å². The van der Waals surface area contributed by atoms with E-state index < -0.39 is 0 Å². The van der Waals surface area contributed by atoms with Crippen molar-refractivity contribution in [3.63, 3.8) is 0 Å². The van der Waals surface area contributed by atoms with Gasteiger partial charge in [0.15, 0.2) is 0 Å². The van der Waals surface area contributed by atoms with Crippen LogP contribution in [0, 0.1) is 0 Å². The Kier molecular flexibility index (Phi) is 3.39. The van der Waals surface area contributed by atoms with Crippen molar-refractivity contribution in [2.75, 3.05) is 0 Å². The molecule has 1 aromatic carbocycles. The molecule has 2 rings (SSSR count). The second-order valence-corrected chi connectivity index (χ2v) is 9.62. The molecule has 0 heterocycles. The molecule has 76 valence electrons. The van der Waals surface area contributed by atoms with E-state index >= 15 is 0 Å². The van der Waals surface area contributed by atoms with Gasteiger partial charge in [0.2, 0.25) is 0 Å². The molecule has 14 heavy (non-hydrogen) atoms. The van der Waals surface area contributed by atoms with Gasteiger partial charge in [-0.15, -0.1) is 0 Å². The van der Waals surface area contributed by atoms with Crippen LogP contribution in [-0.4, -0.2) is 29.9 Å². The van der Waals surface area contributed by atoms with E-state index in [4.69, 9.17) is 0 Å². The molecule has 0 unspecified atom stereocenters. The van der Waals surface area contributed by atoms with Gasteiger partial charge < -0.3 is 0 Å². The molecule has 1 aliphatic carbocycles. The van der Waals surface area contributed by atoms with Crippen molar-refractivity contribution in [1.29, 1.82) is 0 Å². The van der Waals surface area contributed by atoms with Gasteiger partial charge in [-0.2, -0.15) is 0 Å². The number of fused-ring (bicyclic) bond motifs is 1. The number of benzene rings is 1. The zero-order valence-electron chi connectivity index (χ0n) is 8.75. The quantitative estimate of drug-likeness (QED) is 0.736. The van der Waals surface area contributed by atoms with Crippen molar-refractivity contribution in [3.8, 4) is 0 Å². The first kappa shape index (κ1) is 10.8. The summed E-state index contributed by atoms with van der Waals surface area (Å²) in [6.07, 6.45) is 4.16. The molecule has 1 aromatic rings. The summed E-state index contributed by atoms with van der Waals surface area (Å²) in [5, 5.41) is 0. The van der Waals surface area contributed by atoms with Crippen LogP contribution in [0.5, 0.6) is 0 Å². The minimum atomic E-state index is 0.620. The van der Waals surface area contributed by atoms with Gasteiger partial charge in [0.1, 0.15) is 0 Å². The van der Waals surface area contributed by atoms with Crippen molar-refractivity contribution in [2.45, 2.75) is 34.1 Å². The van der Waals surface area contributed by atoms with Crippen LogP contribution in [0.2, 0.25) is 11.6 Å². The second kappa shape index (κ2) is 4.41. The van der Waals surface area contributed by atoms with E-state index in [0.717, 1.165) is 29.9 Å². The molecule has 0 saturated carbocycles. The average Bonchev–Trinajstić information content (AvgIpc) is 2.28. The molecule has 0 aliphatic heterocycles. The third-order valence-corrected chi connectivity index (χ3v) is 11.2. The summed E-state index contributed by atoms with van der Waals surface area (Å²) in [7, 11) is 0. The predicted molar refractivity (Wildman–Crippen MR) is 64.3 cm³/mol. The Balaban J connectivity index is 2.48. The topological polar surface area (TPSA) is 0 Å². The SMILES string of the molecule is C[Se]C1([Se]C)CCCc2ccccc21. The molecule has 1 aliphatic rings. The Hall–Kier alpha value is 0.259. The molecule has 0 fully saturated rings. The summed E-state index contributed by atoms with van der Waals surface area (Å²) in [6.45, 7) is 0. The normalized spacial score (nSPS) is 19.0. The van der Waals surface area contributed by atoms with E-state index in [1.165, 1.54) is 19.3 Å². The molecule has 0 spiro atoms. The average molecular weight is 318 g/mol. The monoisotopic (exact) mass is 320 g/mol. The summed E-state index contributed by atoms with van der Waals surface area (Å²) >= 11 is 1.52. The van der Waals surface area contributed by atoms with E-state index in [9.17, 15) is 0 Å². The van der Waals surface area contributed by atoms with E-state index in [2.05, 4.69) is 35.9 Å². The molecule has 2 heteroatoms. The summed E-state index contributed by atoms with van der Waals surface area (Å²) in [6, 6.07) is 9.13.